The van der Waals surface area contributed by atoms with E-state index in [4.69, 9.17) is 21.1 Å². The van der Waals surface area contributed by atoms with Crippen LogP contribution in [0.15, 0.2) is 24.3 Å². The van der Waals surface area contributed by atoms with Crippen molar-refractivity contribution >= 4 is 23.3 Å². The number of nitrogens with zero attached hydrogens (tertiary/aromatic N) is 2. The number of carbonyl (C=O) groups excluding carboxylic acids is 1. The van der Waals surface area contributed by atoms with Crippen molar-refractivity contribution in [1.82, 2.24) is 10.2 Å². The molecule has 3 aliphatic heterocycles. The first-order chi connectivity index (χ1) is 12.7. The molecule has 3 aliphatic rings. The third kappa shape index (κ3) is 4.08. The monoisotopic (exact) mass is 379 g/mol. The van der Waals surface area contributed by atoms with E-state index in [0.29, 0.717) is 19.7 Å². The van der Waals surface area contributed by atoms with Crippen LogP contribution >= 0.6 is 11.6 Å². The van der Waals surface area contributed by atoms with E-state index in [9.17, 15) is 4.79 Å². The SMILES string of the molecule is O=C(NC1CCN(c2cccc(Cl)c2)C1)N1CCOC(C2CCCO2)C1. The number of rotatable bonds is 3. The Morgan fingerprint density at radius 2 is 2.00 bits per heavy atom. The largest absolute Gasteiger partial charge is 0.375 e. The van der Waals surface area contributed by atoms with Crippen molar-refractivity contribution in [3.8, 4) is 0 Å². The van der Waals surface area contributed by atoms with Gasteiger partial charge in [-0.25, -0.2) is 4.79 Å². The van der Waals surface area contributed by atoms with E-state index in [1.54, 1.807) is 0 Å². The maximum atomic E-state index is 12.7. The maximum Gasteiger partial charge on any atom is 0.317 e. The molecule has 3 saturated heterocycles. The van der Waals surface area contributed by atoms with E-state index < -0.39 is 0 Å². The summed E-state index contributed by atoms with van der Waals surface area (Å²) in [5.74, 6) is 0. The van der Waals surface area contributed by atoms with Crippen LogP contribution in [0.5, 0.6) is 0 Å². The molecule has 3 heterocycles. The Labute approximate surface area is 159 Å². The summed E-state index contributed by atoms with van der Waals surface area (Å²) in [7, 11) is 0. The summed E-state index contributed by atoms with van der Waals surface area (Å²) in [5, 5.41) is 3.93. The number of hydrogen-bond donors (Lipinski definition) is 1. The van der Waals surface area contributed by atoms with E-state index in [2.05, 4.69) is 16.3 Å². The molecule has 1 aromatic rings. The molecule has 0 spiro atoms. The van der Waals surface area contributed by atoms with Crippen molar-refractivity contribution in [2.45, 2.75) is 37.5 Å². The Morgan fingerprint density at radius 1 is 1.12 bits per heavy atom. The molecular weight excluding hydrogens is 354 g/mol. The van der Waals surface area contributed by atoms with Gasteiger partial charge in [-0.2, -0.15) is 0 Å². The van der Waals surface area contributed by atoms with E-state index in [-0.39, 0.29) is 24.3 Å². The quantitative estimate of drug-likeness (QED) is 0.876. The summed E-state index contributed by atoms with van der Waals surface area (Å²) in [4.78, 5) is 16.8. The first-order valence-corrected chi connectivity index (χ1v) is 9.86. The van der Waals surface area contributed by atoms with Crippen LogP contribution in [-0.2, 0) is 9.47 Å². The highest BCUT2D eigenvalue weighted by atomic mass is 35.5. The van der Waals surface area contributed by atoms with Crippen molar-refractivity contribution in [3.05, 3.63) is 29.3 Å². The number of halogens is 1. The van der Waals surface area contributed by atoms with Crippen LogP contribution in [0.1, 0.15) is 19.3 Å². The lowest BCUT2D eigenvalue weighted by Gasteiger charge is -2.35. The van der Waals surface area contributed by atoms with Crippen molar-refractivity contribution in [1.29, 1.82) is 0 Å². The predicted molar refractivity (Wildman–Crippen MR) is 101 cm³/mol. The minimum absolute atomic E-state index is 0.00328. The normalized spacial score (nSPS) is 29.2. The average Bonchev–Trinajstić information content (AvgIpc) is 3.34. The van der Waals surface area contributed by atoms with Crippen LogP contribution in [0.4, 0.5) is 10.5 Å². The highest BCUT2D eigenvalue weighted by Gasteiger charge is 2.34. The molecule has 0 radical (unpaired) electrons. The fourth-order valence-corrected chi connectivity index (χ4v) is 4.22. The minimum atomic E-state index is 0.00328. The number of morpholine rings is 1. The van der Waals surface area contributed by atoms with Gasteiger partial charge < -0.3 is 24.6 Å². The van der Waals surface area contributed by atoms with Crippen LogP contribution in [0.3, 0.4) is 0 Å². The maximum absolute atomic E-state index is 12.7. The average molecular weight is 380 g/mol. The minimum Gasteiger partial charge on any atom is -0.375 e. The Kier molecular flexibility index (Phi) is 5.52. The van der Waals surface area contributed by atoms with Crippen molar-refractivity contribution in [3.63, 3.8) is 0 Å². The molecule has 26 heavy (non-hydrogen) atoms. The van der Waals surface area contributed by atoms with Gasteiger partial charge in [-0.3, -0.25) is 0 Å². The number of hydrogen-bond acceptors (Lipinski definition) is 4. The standard InChI is InChI=1S/C19H26ClN3O3/c20-14-3-1-4-16(11-14)22-7-6-15(12-22)21-19(24)23-8-10-26-18(13-23)17-5-2-9-25-17/h1,3-4,11,15,17-18H,2,5-10,12-13H2,(H,21,24). The smallest absolute Gasteiger partial charge is 0.317 e. The summed E-state index contributed by atoms with van der Waals surface area (Å²) < 4.78 is 11.6. The molecule has 0 aromatic heterocycles. The summed E-state index contributed by atoms with van der Waals surface area (Å²) in [6, 6.07) is 8.04. The van der Waals surface area contributed by atoms with Gasteiger partial charge in [0.2, 0.25) is 0 Å². The third-order valence-electron chi connectivity index (χ3n) is 5.45. The zero-order valence-electron chi connectivity index (χ0n) is 14.9. The van der Waals surface area contributed by atoms with Crippen LogP contribution in [0.2, 0.25) is 5.02 Å². The second kappa shape index (κ2) is 8.03. The lowest BCUT2D eigenvalue weighted by atomic mass is 10.1. The second-order valence-corrected chi connectivity index (χ2v) is 7.70. The molecule has 0 saturated carbocycles. The highest BCUT2D eigenvalue weighted by Crippen LogP contribution is 2.24. The topological polar surface area (TPSA) is 54.0 Å². The fraction of sp³-hybridized carbons (Fsp3) is 0.632. The summed E-state index contributed by atoms with van der Waals surface area (Å²) in [5.41, 5.74) is 1.11. The Bertz CT molecular complexity index is 638. The fourth-order valence-electron chi connectivity index (χ4n) is 4.03. The van der Waals surface area contributed by atoms with E-state index in [1.807, 2.05) is 23.1 Å². The van der Waals surface area contributed by atoms with E-state index in [0.717, 1.165) is 49.7 Å². The molecule has 0 aliphatic carbocycles. The molecule has 0 bridgehead atoms. The summed E-state index contributed by atoms with van der Waals surface area (Å²) >= 11 is 6.09. The second-order valence-electron chi connectivity index (χ2n) is 7.27. The third-order valence-corrected chi connectivity index (χ3v) is 5.68. The van der Waals surface area contributed by atoms with E-state index >= 15 is 0 Å². The number of ether oxygens (including phenoxy) is 2. The zero-order valence-corrected chi connectivity index (χ0v) is 15.7. The van der Waals surface area contributed by atoms with Crippen molar-refractivity contribution in [2.24, 2.45) is 0 Å². The van der Waals surface area contributed by atoms with Gasteiger partial charge in [0, 0.05) is 43.0 Å². The number of urea groups is 1. The molecule has 142 valence electrons. The first-order valence-electron chi connectivity index (χ1n) is 9.48. The first kappa shape index (κ1) is 17.9. The molecular formula is C19H26ClN3O3. The van der Waals surface area contributed by atoms with Crippen LogP contribution in [0, 0.1) is 0 Å². The van der Waals surface area contributed by atoms with Gasteiger partial charge in [-0.05, 0) is 37.5 Å². The lowest BCUT2D eigenvalue weighted by molar-refractivity contribution is -0.0849. The Balaban J connectivity index is 1.29. The van der Waals surface area contributed by atoms with E-state index in [1.165, 1.54) is 0 Å². The zero-order chi connectivity index (χ0) is 17.9. The Hall–Kier alpha value is -1.50. The van der Waals surface area contributed by atoms with Crippen molar-refractivity contribution in [2.75, 3.05) is 44.3 Å². The molecule has 7 heteroatoms. The number of anilines is 1. The number of benzene rings is 1. The predicted octanol–water partition coefficient (Wildman–Crippen LogP) is 2.51. The molecule has 1 N–H and O–H groups in total. The summed E-state index contributed by atoms with van der Waals surface area (Å²) in [6.45, 7) is 4.37. The molecule has 2 amide bonds. The van der Waals surface area contributed by atoms with Gasteiger partial charge in [0.15, 0.2) is 0 Å². The van der Waals surface area contributed by atoms with Gasteiger partial charge in [-0.15, -0.1) is 0 Å². The number of carbonyl (C=O) groups is 1. The molecule has 3 atom stereocenters. The van der Waals surface area contributed by atoms with Gasteiger partial charge in [0.05, 0.1) is 19.3 Å². The van der Waals surface area contributed by atoms with Gasteiger partial charge in [0.25, 0.3) is 0 Å². The van der Waals surface area contributed by atoms with Crippen LogP contribution in [-0.4, -0.2) is 68.6 Å². The number of nitrogens with one attached hydrogen (secondary N) is 1. The molecule has 4 rings (SSSR count). The molecule has 3 unspecified atom stereocenters. The summed E-state index contributed by atoms with van der Waals surface area (Å²) in [6.07, 6.45) is 3.19. The van der Waals surface area contributed by atoms with Crippen LogP contribution in [0.25, 0.3) is 0 Å². The van der Waals surface area contributed by atoms with Gasteiger partial charge in [0.1, 0.15) is 6.10 Å². The molecule has 1 aromatic carbocycles. The van der Waals surface area contributed by atoms with Gasteiger partial charge in [-0.1, -0.05) is 17.7 Å². The number of amides is 2. The van der Waals surface area contributed by atoms with Crippen LogP contribution < -0.4 is 10.2 Å². The van der Waals surface area contributed by atoms with Crippen molar-refractivity contribution < 1.29 is 14.3 Å². The Morgan fingerprint density at radius 3 is 2.81 bits per heavy atom. The molecule has 3 fully saturated rings. The van der Waals surface area contributed by atoms with Gasteiger partial charge >= 0.3 is 6.03 Å². The molecule has 6 nitrogen and oxygen atoms in total. The highest BCUT2D eigenvalue weighted by molar-refractivity contribution is 6.30. The lowest BCUT2D eigenvalue weighted by Crippen LogP contribution is -2.54.